The van der Waals surface area contributed by atoms with Crippen LogP contribution in [0.1, 0.15) is 232 Å². The number of allylic oxidation sites excluding steroid dienone is 14. The number of hydrogen-bond acceptors (Lipinski definition) is 8. The molecule has 3 N–H and O–H groups in total. The molecule has 0 aromatic carbocycles. The van der Waals surface area contributed by atoms with E-state index in [1.54, 1.807) is 0 Å². The van der Waals surface area contributed by atoms with Gasteiger partial charge < -0.3 is 20.1 Å². The highest BCUT2D eigenvalue weighted by atomic mass is 31.2. The first-order valence-electron chi connectivity index (χ1n) is 27.1. The summed E-state index contributed by atoms with van der Waals surface area (Å²) in [6, 6.07) is 0. The molecule has 0 rings (SSSR count). The number of carbonyl (C=O) groups excluding carboxylic acids is 2. The average molecular weight is 958 g/mol. The molecule has 0 spiro atoms. The number of carbonyl (C=O) groups is 2. The Morgan fingerprint density at radius 2 is 0.836 bits per heavy atom. The van der Waals surface area contributed by atoms with Crippen LogP contribution in [0.5, 0.6) is 0 Å². The predicted octanol–water partition coefficient (Wildman–Crippen LogP) is 16.7. The second kappa shape index (κ2) is 52.6. The zero-order chi connectivity index (χ0) is 48.8. The highest BCUT2D eigenvalue weighted by Gasteiger charge is 2.26. The lowest BCUT2D eigenvalue weighted by molar-refractivity contribution is -0.161. The van der Waals surface area contributed by atoms with Gasteiger partial charge in [-0.3, -0.25) is 18.6 Å². The standard InChI is InChI=1S/C57H100NO8P/c1-3-5-7-9-11-13-15-17-19-21-22-23-24-25-26-27-28-29-30-31-32-34-35-37-39-41-43-45-47-49-56(59)63-53-55(54-65-67(61,62)64-52-51-58)66-57(60)50-48-46-44-42-40-38-36-33-20-18-16-14-12-10-8-6-4-2/h6,8,12,14-15,17-18,20-22,36,38,42,44,55H,3-5,7,9-11,13,16,19,23-35,37,39-41,43,45-54,58H2,1-2H3,(H,61,62)/b8-6-,14-12-,17-15-,20-18-,22-21-,38-36-,44-42-. The van der Waals surface area contributed by atoms with Crippen LogP contribution in [-0.2, 0) is 32.7 Å². The molecule has 9 nitrogen and oxygen atoms in total. The van der Waals surface area contributed by atoms with Crippen LogP contribution in [0.4, 0.5) is 0 Å². The van der Waals surface area contributed by atoms with Crippen LogP contribution in [0.25, 0.3) is 0 Å². The molecule has 0 aliphatic heterocycles. The maximum Gasteiger partial charge on any atom is 0.472 e. The summed E-state index contributed by atoms with van der Waals surface area (Å²) < 4.78 is 32.9. The van der Waals surface area contributed by atoms with E-state index in [-0.39, 0.29) is 32.6 Å². The molecule has 0 radical (unpaired) electrons. The van der Waals surface area contributed by atoms with Crippen molar-refractivity contribution >= 4 is 19.8 Å². The lowest BCUT2D eigenvalue weighted by atomic mass is 10.0. The Bertz CT molecular complexity index is 1370. The van der Waals surface area contributed by atoms with Crippen molar-refractivity contribution in [2.75, 3.05) is 26.4 Å². The third-order valence-corrected chi connectivity index (χ3v) is 12.2. The van der Waals surface area contributed by atoms with Crippen LogP contribution in [-0.4, -0.2) is 49.3 Å². The van der Waals surface area contributed by atoms with E-state index in [2.05, 4.69) is 92.8 Å². The number of nitrogens with two attached hydrogens (primary N) is 1. The van der Waals surface area contributed by atoms with E-state index in [0.717, 1.165) is 57.8 Å². The number of phosphoric ester groups is 1. The number of phosphoric acid groups is 1. The maximum absolute atomic E-state index is 12.6. The minimum Gasteiger partial charge on any atom is -0.462 e. The van der Waals surface area contributed by atoms with E-state index in [9.17, 15) is 19.0 Å². The predicted molar refractivity (Wildman–Crippen MR) is 284 cm³/mol. The van der Waals surface area contributed by atoms with Crippen LogP contribution in [0.3, 0.4) is 0 Å². The first-order chi connectivity index (χ1) is 32.8. The summed E-state index contributed by atoms with van der Waals surface area (Å²) in [4.78, 5) is 35.0. The molecule has 0 bridgehead atoms. The molecular weight excluding hydrogens is 858 g/mol. The van der Waals surface area contributed by atoms with Crippen molar-refractivity contribution in [1.29, 1.82) is 0 Å². The van der Waals surface area contributed by atoms with Crippen LogP contribution in [0, 0.1) is 0 Å². The fourth-order valence-corrected chi connectivity index (χ4v) is 8.06. The Kier molecular flexibility index (Phi) is 50.4. The first kappa shape index (κ1) is 64.2. The highest BCUT2D eigenvalue weighted by Crippen LogP contribution is 2.43. The second-order valence-corrected chi connectivity index (χ2v) is 19.2. The van der Waals surface area contributed by atoms with Crippen molar-refractivity contribution < 1.29 is 37.6 Å². The lowest BCUT2D eigenvalue weighted by Gasteiger charge is -2.19. The number of hydrogen-bond donors (Lipinski definition) is 2. The van der Waals surface area contributed by atoms with Crippen molar-refractivity contribution in [3.05, 3.63) is 85.1 Å². The summed E-state index contributed by atoms with van der Waals surface area (Å²) in [5.74, 6) is -0.896. The van der Waals surface area contributed by atoms with Gasteiger partial charge in [0.05, 0.1) is 13.2 Å². The van der Waals surface area contributed by atoms with Gasteiger partial charge in [-0.1, -0.05) is 221 Å². The van der Waals surface area contributed by atoms with E-state index in [4.69, 9.17) is 24.3 Å². The normalized spacial score (nSPS) is 13.8. The van der Waals surface area contributed by atoms with Gasteiger partial charge in [-0.25, -0.2) is 4.57 Å². The van der Waals surface area contributed by atoms with Gasteiger partial charge in [0.1, 0.15) is 6.61 Å². The number of esters is 2. The quantitative estimate of drug-likeness (QED) is 0.0264. The fourth-order valence-electron chi connectivity index (χ4n) is 7.29. The first-order valence-corrected chi connectivity index (χ1v) is 28.6. The topological polar surface area (TPSA) is 134 Å². The molecule has 67 heavy (non-hydrogen) atoms. The van der Waals surface area contributed by atoms with Crippen molar-refractivity contribution in [1.82, 2.24) is 0 Å². The Balaban J connectivity index is 4.00. The summed E-state index contributed by atoms with van der Waals surface area (Å²) in [7, 11) is -4.40. The van der Waals surface area contributed by atoms with Crippen LogP contribution in [0.15, 0.2) is 85.1 Å². The smallest absolute Gasteiger partial charge is 0.462 e. The lowest BCUT2D eigenvalue weighted by Crippen LogP contribution is -2.29. The number of rotatable bonds is 50. The summed E-state index contributed by atoms with van der Waals surface area (Å²) in [5, 5.41) is 0. The van der Waals surface area contributed by atoms with Gasteiger partial charge in [-0.05, 0) is 83.5 Å². The average Bonchev–Trinajstić information content (AvgIpc) is 3.32. The van der Waals surface area contributed by atoms with E-state index in [1.807, 2.05) is 6.08 Å². The third-order valence-electron chi connectivity index (χ3n) is 11.3. The number of ether oxygens (including phenoxy) is 2. The molecule has 0 saturated carbocycles. The molecule has 0 aliphatic rings. The van der Waals surface area contributed by atoms with Gasteiger partial charge in [-0.2, -0.15) is 0 Å². The summed E-state index contributed by atoms with van der Waals surface area (Å²) >= 11 is 0. The largest absolute Gasteiger partial charge is 0.472 e. The molecule has 0 aromatic heterocycles. The van der Waals surface area contributed by atoms with Crippen molar-refractivity contribution in [2.24, 2.45) is 5.73 Å². The SMILES string of the molecule is CC/C=C\C/C=C\C/C=C\C/C=C\C/C=C\CCCC(=O)OC(COC(=O)CCCCCCCCCCCCCCCCCCC/C=C\C/C=C\CCCCCCC)COP(=O)(O)OCCN. The second-order valence-electron chi connectivity index (χ2n) is 17.7. The van der Waals surface area contributed by atoms with Gasteiger partial charge in [0.15, 0.2) is 6.10 Å². The van der Waals surface area contributed by atoms with E-state index < -0.39 is 32.5 Å². The molecule has 2 unspecified atom stereocenters. The Labute approximate surface area is 411 Å². The highest BCUT2D eigenvalue weighted by molar-refractivity contribution is 7.47. The zero-order valence-electron chi connectivity index (χ0n) is 42.9. The molecule has 0 saturated heterocycles. The Hall–Kier alpha value is -2.81. The molecule has 386 valence electrons. The van der Waals surface area contributed by atoms with Gasteiger partial charge in [0.2, 0.25) is 0 Å². The van der Waals surface area contributed by atoms with E-state index >= 15 is 0 Å². The number of unbranched alkanes of at least 4 members (excludes halogenated alkanes) is 23. The van der Waals surface area contributed by atoms with Gasteiger partial charge >= 0.3 is 19.8 Å². The van der Waals surface area contributed by atoms with Crippen molar-refractivity contribution in [3.8, 4) is 0 Å². The Morgan fingerprint density at radius 1 is 0.463 bits per heavy atom. The van der Waals surface area contributed by atoms with Gasteiger partial charge in [-0.15, -0.1) is 0 Å². The van der Waals surface area contributed by atoms with Gasteiger partial charge in [0, 0.05) is 19.4 Å². The van der Waals surface area contributed by atoms with E-state index in [1.165, 1.54) is 135 Å². The summed E-state index contributed by atoms with van der Waals surface area (Å²) in [6.45, 7) is 3.56. The molecule has 0 amide bonds. The molecular formula is C57H100NO8P. The summed E-state index contributed by atoms with van der Waals surface area (Å²) in [6.07, 6.45) is 67.9. The van der Waals surface area contributed by atoms with Crippen LogP contribution in [0.2, 0.25) is 0 Å². The molecule has 0 aromatic rings. The minimum absolute atomic E-state index is 0.0412. The molecule has 10 heteroatoms. The van der Waals surface area contributed by atoms with Crippen LogP contribution >= 0.6 is 7.82 Å². The van der Waals surface area contributed by atoms with Crippen molar-refractivity contribution in [3.63, 3.8) is 0 Å². The van der Waals surface area contributed by atoms with Crippen molar-refractivity contribution in [2.45, 2.75) is 238 Å². The fraction of sp³-hybridized carbons (Fsp3) is 0.719. The molecule has 0 fully saturated rings. The van der Waals surface area contributed by atoms with Crippen LogP contribution < -0.4 is 5.73 Å². The zero-order valence-corrected chi connectivity index (χ0v) is 43.8. The molecule has 0 aliphatic carbocycles. The monoisotopic (exact) mass is 958 g/mol. The Morgan fingerprint density at radius 3 is 1.27 bits per heavy atom. The molecule has 2 atom stereocenters. The van der Waals surface area contributed by atoms with Gasteiger partial charge in [0.25, 0.3) is 0 Å². The molecule has 0 heterocycles. The minimum atomic E-state index is -4.40. The van der Waals surface area contributed by atoms with E-state index in [0.29, 0.717) is 12.8 Å². The summed E-state index contributed by atoms with van der Waals surface area (Å²) in [5.41, 5.74) is 5.36. The maximum atomic E-state index is 12.6. The third kappa shape index (κ3) is 52.4.